The van der Waals surface area contributed by atoms with Gasteiger partial charge < -0.3 is 5.32 Å². The second kappa shape index (κ2) is 3.15. The molecule has 1 N–H and O–H groups in total. The van der Waals surface area contributed by atoms with Crippen LogP contribution in [0.5, 0.6) is 0 Å². The van der Waals surface area contributed by atoms with Gasteiger partial charge in [-0.15, -0.1) is 0 Å². The van der Waals surface area contributed by atoms with E-state index < -0.39 is 0 Å². The topological polar surface area (TPSA) is 29.1 Å². The van der Waals surface area contributed by atoms with E-state index in [0.29, 0.717) is 17.7 Å². The molecule has 0 amide bonds. The van der Waals surface area contributed by atoms with Gasteiger partial charge in [-0.25, -0.2) is 0 Å². The Balaban J connectivity index is 2.35. The first-order chi connectivity index (χ1) is 4.74. The number of Topliss-reactive ketones (excluding diaryl/α,β-unsaturated/α-hetero) is 1. The fourth-order valence-corrected chi connectivity index (χ4v) is 1.61. The Morgan fingerprint density at radius 1 is 1.50 bits per heavy atom. The minimum atomic E-state index is 0.345. The van der Waals surface area contributed by atoms with Gasteiger partial charge in [0.1, 0.15) is 5.78 Å². The van der Waals surface area contributed by atoms with Crippen LogP contribution in [0.1, 0.15) is 26.2 Å². The molecule has 1 aliphatic carbocycles. The highest BCUT2D eigenvalue weighted by atomic mass is 16.1. The molecule has 2 nitrogen and oxygen atoms in total. The molecule has 1 saturated carbocycles. The van der Waals surface area contributed by atoms with E-state index in [-0.39, 0.29) is 0 Å². The minimum absolute atomic E-state index is 0.345. The quantitative estimate of drug-likeness (QED) is 0.620. The summed E-state index contributed by atoms with van der Waals surface area (Å²) in [7, 11) is 1.97. The number of rotatable bonds is 2. The number of carbonyl (C=O) groups excluding carboxylic acids is 1. The molecule has 0 aliphatic heterocycles. The summed E-state index contributed by atoms with van der Waals surface area (Å²) in [6, 6.07) is 0.592. The molecule has 1 aliphatic rings. The van der Waals surface area contributed by atoms with Crippen LogP contribution in [0.15, 0.2) is 0 Å². The van der Waals surface area contributed by atoms with Crippen molar-refractivity contribution in [3.05, 3.63) is 0 Å². The lowest BCUT2D eigenvalue weighted by Crippen LogP contribution is -2.22. The Bertz CT molecular complexity index is 133. The minimum Gasteiger partial charge on any atom is -0.317 e. The van der Waals surface area contributed by atoms with Crippen molar-refractivity contribution >= 4 is 5.78 Å². The van der Waals surface area contributed by atoms with Crippen molar-refractivity contribution in [2.45, 2.75) is 32.2 Å². The first kappa shape index (κ1) is 7.73. The Labute approximate surface area is 62.0 Å². The molecule has 0 aromatic rings. The second-order valence-corrected chi connectivity index (χ2v) is 3.11. The maximum atomic E-state index is 10.9. The van der Waals surface area contributed by atoms with Gasteiger partial charge in [-0.3, -0.25) is 4.79 Å². The fraction of sp³-hybridized carbons (Fsp3) is 0.875. The Morgan fingerprint density at radius 2 is 2.20 bits per heavy atom. The summed E-state index contributed by atoms with van der Waals surface area (Å²) < 4.78 is 0. The van der Waals surface area contributed by atoms with Crippen molar-refractivity contribution in [3.63, 3.8) is 0 Å². The van der Waals surface area contributed by atoms with E-state index in [2.05, 4.69) is 5.32 Å². The number of ketones is 1. The SMILES string of the molecule is CN[C@@H]1CC[C@H](C(C)=O)C1. The largest absolute Gasteiger partial charge is 0.317 e. The van der Waals surface area contributed by atoms with Crippen LogP contribution in [0, 0.1) is 5.92 Å². The van der Waals surface area contributed by atoms with Crippen LogP contribution < -0.4 is 5.32 Å². The number of carbonyl (C=O) groups is 1. The summed E-state index contributed by atoms with van der Waals surface area (Å²) in [5.41, 5.74) is 0. The zero-order chi connectivity index (χ0) is 7.56. The normalized spacial score (nSPS) is 32.6. The molecule has 0 aromatic carbocycles. The van der Waals surface area contributed by atoms with E-state index >= 15 is 0 Å². The predicted octanol–water partition coefficient (Wildman–Crippen LogP) is 0.964. The smallest absolute Gasteiger partial charge is 0.132 e. The standard InChI is InChI=1S/C8H15NO/c1-6(10)7-3-4-8(5-7)9-2/h7-9H,3-5H2,1-2H3/t7-,8+/m0/s1. The third kappa shape index (κ3) is 1.57. The molecule has 1 fully saturated rings. The van der Waals surface area contributed by atoms with Crippen molar-refractivity contribution < 1.29 is 4.79 Å². The highest BCUT2D eigenvalue weighted by molar-refractivity contribution is 5.78. The van der Waals surface area contributed by atoms with Gasteiger partial charge in [-0.2, -0.15) is 0 Å². The van der Waals surface area contributed by atoms with Crippen LogP contribution in [0.4, 0.5) is 0 Å². The van der Waals surface area contributed by atoms with Crippen molar-refractivity contribution in [3.8, 4) is 0 Å². The van der Waals surface area contributed by atoms with E-state index in [4.69, 9.17) is 0 Å². The average molecular weight is 141 g/mol. The Hall–Kier alpha value is -0.370. The van der Waals surface area contributed by atoms with E-state index in [1.165, 1.54) is 6.42 Å². The zero-order valence-corrected chi connectivity index (χ0v) is 6.68. The summed E-state index contributed by atoms with van der Waals surface area (Å²) in [5.74, 6) is 0.704. The summed E-state index contributed by atoms with van der Waals surface area (Å²) >= 11 is 0. The monoisotopic (exact) mass is 141 g/mol. The van der Waals surface area contributed by atoms with Crippen LogP contribution >= 0.6 is 0 Å². The van der Waals surface area contributed by atoms with Gasteiger partial charge in [0.15, 0.2) is 0 Å². The van der Waals surface area contributed by atoms with E-state index in [1.807, 2.05) is 7.05 Å². The molecule has 2 heteroatoms. The highest BCUT2D eigenvalue weighted by Gasteiger charge is 2.25. The highest BCUT2D eigenvalue weighted by Crippen LogP contribution is 2.25. The second-order valence-electron chi connectivity index (χ2n) is 3.11. The molecule has 1 rings (SSSR count). The lowest BCUT2D eigenvalue weighted by molar-refractivity contribution is -0.120. The van der Waals surface area contributed by atoms with Crippen LogP contribution in [0.2, 0.25) is 0 Å². The third-order valence-electron chi connectivity index (χ3n) is 2.42. The van der Waals surface area contributed by atoms with Gasteiger partial charge in [0.2, 0.25) is 0 Å². The van der Waals surface area contributed by atoms with Gasteiger partial charge in [0.25, 0.3) is 0 Å². The van der Waals surface area contributed by atoms with Crippen LogP contribution in [-0.2, 0) is 4.79 Å². The van der Waals surface area contributed by atoms with Crippen molar-refractivity contribution in [1.82, 2.24) is 5.32 Å². The summed E-state index contributed by atoms with van der Waals surface area (Å²) in [4.78, 5) is 10.9. The van der Waals surface area contributed by atoms with Gasteiger partial charge in [0, 0.05) is 12.0 Å². The van der Waals surface area contributed by atoms with E-state index in [9.17, 15) is 4.79 Å². The summed E-state index contributed by atoms with van der Waals surface area (Å²) in [6.45, 7) is 1.70. The predicted molar refractivity (Wildman–Crippen MR) is 40.9 cm³/mol. The molecule has 0 unspecified atom stereocenters. The van der Waals surface area contributed by atoms with Crippen LogP contribution in [0.3, 0.4) is 0 Å². The first-order valence-electron chi connectivity index (χ1n) is 3.91. The van der Waals surface area contributed by atoms with Gasteiger partial charge in [0.05, 0.1) is 0 Å². The lowest BCUT2D eigenvalue weighted by Gasteiger charge is -2.06. The van der Waals surface area contributed by atoms with Gasteiger partial charge in [-0.1, -0.05) is 0 Å². The molecular weight excluding hydrogens is 126 g/mol. The lowest BCUT2D eigenvalue weighted by atomic mass is 10.0. The number of hydrogen-bond acceptors (Lipinski definition) is 2. The van der Waals surface area contributed by atoms with Crippen LogP contribution in [-0.4, -0.2) is 18.9 Å². The molecular formula is C8H15NO. The molecule has 0 spiro atoms. The van der Waals surface area contributed by atoms with E-state index in [1.54, 1.807) is 6.92 Å². The molecule has 0 radical (unpaired) electrons. The Kier molecular flexibility index (Phi) is 2.44. The van der Waals surface area contributed by atoms with Crippen molar-refractivity contribution in [2.75, 3.05) is 7.05 Å². The van der Waals surface area contributed by atoms with Crippen LogP contribution in [0.25, 0.3) is 0 Å². The third-order valence-corrected chi connectivity index (χ3v) is 2.42. The zero-order valence-electron chi connectivity index (χ0n) is 6.68. The number of nitrogens with one attached hydrogen (secondary N) is 1. The maximum Gasteiger partial charge on any atom is 0.132 e. The molecule has 0 bridgehead atoms. The molecule has 0 heterocycles. The maximum absolute atomic E-state index is 10.9. The molecule has 0 saturated heterocycles. The van der Waals surface area contributed by atoms with Crippen molar-refractivity contribution in [1.29, 1.82) is 0 Å². The fourth-order valence-electron chi connectivity index (χ4n) is 1.61. The molecule has 58 valence electrons. The summed E-state index contributed by atoms with van der Waals surface area (Å²) in [6.07, 6.45) is 3.30. The van der Waals surface area contributed by atoms with Gasteiger partial charge >= 0.3 is 0 Å². The van der Waals surface area contributed by atoms with Crippen molar-refractivity contribution in [2.24, 2.45) is 5.92 Å². The Morgan fingerprint density at radius 3 is 2.50 bits per heavy atom. The first-order valence-corrected chi connectivity index (χ1v) is 3.91. The molecule has 10 heavy (non-hydrogen) atoms. The van der Waals surface area contributed by atoms with Gasteiger partial charge in [-0.05, 0) is 33.2 Å². The number of hydrogen-bond donors (Lipinski definition) is 1. The summed E-state index contributed by atoms with van der Waals surface area (Å²) in [5, 5.41) is 3.20. The van der Waals surface area contributed by atoms with E-state index in [0.717, 1.165) is 12.8 Å². The average Bonchev–Trinajstić information content (AvgIpc) is 2.34. The molecule has 0 aromatic heterocycles. The molecule has 2 atom stereocenters.